The number of alkyl halides is 1. The highest BCUT2D eigenvalue weighted by molar-refractivity contribution is 6.18. The molecule has 0 aromatic rings. The maximum absolute atomic E-state index is 8.81. The van der Waals surface area contributed by atoms with Crippen molar-refractivity contribution in [2.45, 2.75) is 56.8 Å². The standard InChI is InChI=1S/C9H17ClO2/c10-9(11)12-8-6-4-2-1-3-5-7-8/h8-9,11H,1-7H2. The van der Waals surface area contributed by atoms with E-state index in [1.807, 2.05) is 0 Å². The zero-order valence-corrected chi connectivity index (χ0v) is 8.09. The molecule has 0 saturated heterocycles. The van der Waals surface area contributed by atoms with Crippen molar-refractivity contribution in [3.63, 3.8) is 0 Å². The third-order valence-corrected chi connectivity index (χ3v) is 2.46. The Kier molecular flexibility index (Phi) is 4.96. The number of aliphatic hydroxyl groups is 1. The fourth-order valence-corrected chi connectivity index (χ4v) is 1.86. The first-order valence-electron chi connectivity index (χ1n) is 4.76. The van der Waals surface area contributed by atoms with E-state index >= 15 is 0 Å². The number of rotatable bonds is 2. The fourth-order valence-electron chi connectivity index (χ4n) is 1.71. The van der Waals surface area contributed by atoms with Crippen LogP contribution < -0.4 is 0 Å². The van der Waals surface area contributed by atoms with Crippen LogP contribution in [-0.2, 0) is 4.74 Å². The third kappa shape index (κ3) is 4.29. The van der Waals surface area contributed by atoms with Gasteiger partial charge in [0.1, 0.15) is 0 Å². The SMILES string of the molecule is OC(Cl)OC1CCCCCCC1. The van der Waals surface area contributed by atoms with Crippen molar-refractivity contribution in [2.75, 3.05) is 0 Å². The van der Waals surface area contributed by atoms with E-state index < -0.39 is 5.75 Å². The zero-order chi connectivity index (χ0) is 8.81. The molecular weight excluding hydrogens is 176 g/mol. The smallest absolute Gasteiger partial charge is 0.234 e. The molecule has 1 saturated carbocycles. The molecule has 72 valence electrons. The van der Waals surface area contributed by atoms with Crippen LogP contribution in [0.5, 0.6) is 0 Å². The van der Waals surface area contributed by atoms with Gasteiger partial charge >= 0.3 is 0 Å². The quantitative estimate of drug-likeness (QED) is 0.539. The van der Waals surface area contributed by atoms with Gasteiger partial charge in [0.25, 0.3) is 0 Å². The van der Waals surface area contributed by atoms with Crippen molar-refractivity contribution in [1.82, 2.24) is 0 Å². The van der Waals surface area contributed by atoms with Gasteiger partial charge in [0.05, 0.1) is 6.10 Å². The van der Waals surface area contributed by atoms with Crippen LogP contribution in [0.25, 0.3) is 0 Å². The van der Waals surface area contributed by atoms with Crippen molar-refractivity contribution >= 4 is 11.6 Å². The zero-order valence-electron chi connectivity index (χ0n) is 7.34. The maximum atomic E-state index is 8.81. The minimum absolute atomic E-state index is 0.179. The molecule has 1 aliphatic rings. The Morgan fingerprint density at radius 1 is 1.08 bits per heavy atom. The number of aliphatic hydroxyl groups excluding tert-OH is 1. The van der Waals surface area contributed by atoms with Crippen LogP contribution in [0.4, 0.5) is 0 Å². The molecule has 0 aliphatic heterocycles. The van der Waals surface area contributed by atoms with Gasteiger partial charge < -0.3 is 9.84 Å². The van der Waals surface area contributed by atoms with Gasteiger partial charge in [0.2, 0.25) is 5.75 Å². The monoisotopic (exact) mass is 192 g/mol. The van der Waals surface area contributed by atoms with Gasteiger partial charge in [-0.3, -0.25) is 0 Å². The van der Waals surface area contributed by atoms with Crippen LogP contribution in [0.2, 0.25) is 0 Å². The lowest BCUT2D eigenvalue weighted by Crippen LogP contribution is -2.19. The lowest BCUT2D eigenvalue weighted by Gasteiger charge is -2.20. The van der Waals surface area contributed by atoms with Gasteiger partial charge in [-0.2, -0.15) is 0 Å². The summed E-state index contributed by atoms with van der Waals surface area (Å²) < 4.78 is 5.15. The average molecular weight is 193 g/mol. The van der Waals surface area contributed by atoms with E-state index in [1.165, 1.54) is 32.1 Å². The summed E-state index contributed by atoms with van der Waals surface area (Å²) >= 11 is 5.34. The first-order valence-corrected chi connectivity index (χ1v) is 5.20. The van der Waals surface area contributed by atoms with Gasteiger partial charge in [-0.25, -0.2) is 0 Å². The lowest BCUT2D eigenvalue weighted by molar-refractivity contribution is -0.0894. The Hall–Kier alpha value is 0.210. The van der Waals surface area contributed by atoms with Gasteiger partial charge in [-0.05, 0) is 12.8 Å². The summed E-state index contributed by atoms with van der Waals surface area (Å²) in [6, 6.07) is 0. The maximum Gasteiger partial charge on any atom is 0.234 e. The third-order valence-electron chi connectivity index (χ3n) is 2.36. The van der Waals surface area contributed by atoms with Crippen molar-refractivity contribution in [2.24, 2.45) is 0 Å². The van der Waals surface area contributed by atoms with Crippen molar-refractivity contribution < 1.29 is 9.84 Å². The Labute approximate surface area is 78.9 Å². The molecule has 12 heavy (non-hydrogen) atoms. The van der Waals surface area contributed by atoms with Crippen LogP contribution in [0.15, 0.2) is 0 Å². The van der Waals surface area contributed by atoms with E-state index in [1.54, 1.807) is 0 Å². The van der Waals surface area contributed by atoms with E-state index in [-0.39, 0.29) is 6.10 Å². The molecule has 0 spiro atoms. The predicted octanol–water partition coefficient (Wildman–Crippen LogP) is 2.63. The molecule has 0 heterocycles. The Balaban J connectivity index is 2.20. The first-order chi connectivity index (χ1) is 5.79. The van der Waals surface area contributed by atoms with E-state index in [0.29, 0.717) is 0 Å². The summed E-state index contributed by atoms with van der Waals surface area (Å²) in [6.45, 7) is 0. The molecule has 0 amide bonds. The van der Waals surface area contributed by atoms with Crippen molar-refractivity contribution in [1.29, 1.82) is 0 Å². The second-order valence-corrected chi connectivity index (χ2v) is 3.77. The van der Waals surface area contributed by atoms with E-state index in [4.69, 9.17) is 21.4 Å². The summed E-state index contributed by atoms with van der Waals surface area (Å²) in [5, 5.41) is 8.81. The van der Waals surface area contributed by atoms with Crippen LogP contribution in [-0.4, -0.2) is 17.0 Å². The number of hydrogen-bond donors (Lipinski definition) is 1. The molecular formula is C9H17ClO2. The number of ether oxygens (including phenoxy) is 1. The molecule has 3 heteroatoms. The van der Waals surface area contributed by atoms with E-state index in [0.717, 1.165) is 12.8 Å². The van der Waals surface area contributed by atoms with Gasteiger partial charge in [0, 0.05) is 0 Å². The molecule has 1 aliphatic carbocycles. The van der Waals surface area contributed by atoms with E-state index in [2.05, 4.69) is 0 Å². The number of halogens is 1. The normalized spacial score (nSPS) is 24.5. The van der Waals surface area contributed by atoms with Gasteiger partial charge in [-0.1, -0.05) is 43.7 Å². The second-order valence-electron chi connectivity index (χ2n) is 3.40. The summed E-state index contributed by atoms with van der Waals surface area (Å²) in [4.78, 5) is 0. The molecule has 1 rings (SSSR count). The van der Waals surface area contributed by atoms with Gasteiger partial charge in [0.15, 0.2) is 0 Å². The Morgan fingerprint density at radius 3 is 2.08 bits per heavy atom. The van der Waals surface area contributed by atoms with Crippen molar-refractivity contribution in [3.05, 3.63) is 0 Å². The molecule has 1 fully saturated rings. The molecule has 2 nitrogen and oxygen atoms in total. The van der Waals surface area contributed by atoms with Crippen LogP contribution in [0.1, 0.15) is 44.9 Å². The fraction of sp³-hybridized carbons (Fsp3) is 1.00. The highest BCUT2D eigenvalue weighted by Crippen LogP contribution is 2.20. The van der Waals surface area contributed by atoms with Crippen LogP contribution in [0, 0.1) is 0 Å². The lowest BCUT2D eigenvalue weighted by atomic mass is 9.99. The van der Waals surface area contributed by atoms with Crippen molar-refractivity contribution in [3.8, 4) is 0 Å². The Morgan fingerprint density at radius 2 is 1.58 bits per heavy atom. The summed E-state index contributed by atoms with van der Waals surface area (Å²) in [6.07, 6.45) is 8.60. The van der Waals surface area contributed by atoms with Crippen LogP contribution >= 0.6 is 11.6 Å². The molecule has 1 atom stereocenters. The highest BCUT2D eigenvalue weighted by Gasteiger charge is 2.13. The molecule has 0 radical (unpaired) electrons. The molecule has 0 bridgehead atoms. The average Bonchev–Trinajstić information content (AvgIpc) is 1.93. The molecule has 0 aromatic heterocycles. The minimum atomic E-state index is -1.12. The van der Waals surface area contributed by atoms with Gasteiger partial charge in [-0.15, -0.1) is 0 Å². The summed E-state index contributed by atoms with van der Waals surface area (Å²) in [5.74, 6) is -1.12. The highest BCUT2D eigenvalue weighted by atomic mass is 35.5. The number of hydrogen-bond acceptors (Lipinski definition) is 2. The summed E-state index contributed by atoms with van der Waals surface area (Å²) in [5.41, 5.74) is 0. The van der Waals surface area contributed by atoms with Crippen LogP contribution in [0.3, 0.4) is 0 Å². The first kappa shape index (κ1) is 10.3. The Bertz CT molecular complexity index is 109. The minimum Gasteiger partial charge on any atom is -0.356 e. The topological polar surface area (TPSA) is 29.5 Å². The summed E-state index contributed by atoms with van der Waals surface area (Å²) in [7, 11) is 0. The van der Waals surface area contributed by atoms with E-state index in [9.17, 15) is 0 Å². The second kappa shape index (κ2) is 5.79. The molecule has 0 aromatic carbocycles. The molecule has 1 unspecified atom stereocenters. The molecule has 1 N–H and O–H groups in total. The largest absolute Gasteiger partial charge is 0.356 e. The predicted molar refractivity (Wildman–Crippen MR) is 49.1 cm³/mol.